The van der Waals surface area contributed by atoms with Gasteiger partial charge < -0.3 is 10.1 Å². The molecule has 0 radical (unpaired) electrons. The first-order chi connectivity index (χ1) is 13.9. The fourth-order valence-corrected chi connectivity index (χ4v) is 3.98. The Morgan fingerprint density at radius 2 is 1.97 bits per heavy atom. The minimum Gasteiger partial charge on any atom is -0.465 e. The van der Waals surface area contributed by atoms with Crippen molar-refractivity contribution in [3.05, 3.63) is 59.1 Å². The number of nitrogens with one attached hydrogen (secondary N) is 1. The number of amides is 2. The zero-order chi connectivity index (χ0) is 21.0. The number of carbonyl (C=O) groups is 3. The molecule has 2 aromatic rings. The molecule has 0 saturated carbocycles. The highest BCUT2D eigenvalue weighted by Crippen LogP contribution is 2.31. The maximum Gasteiger partial charge on any atom is 0.337 e. The number of anilines is 1. The highest BCUT2D eigenvalue weighted by atomic mass is 35.5. The Morgan fingerprint density at radius 3 is 2.62 bits per heavy atom. The van der Waals surface area contributed by atoms with E-state index in [0.29, 0.717) is 27.1 Å². The number of hydrogen-bond acceptors (Lipinski definition) is 6. The van der Waals surface area contributed by atoms with Gasteiger partial charge in [-0.3, -0.25) is 14.5 Å². The predicted molar refractivity (Wildman–Crippen MR) is 114 cm³/mol. The number of nitrogens with zero attached hydrogens (tertiary/aromatic N) is 2. The molecule has 150 valence electrons. The molecule has 7 nitrogen and oxygen atoms in total. The van der Waals surface area contributed by atoms with Crippen LogP contribution >= 0.6 is 23.4 Å². The number of benzene rings is 2. The van der Waals surface area contributed by atoms with Crippen LogP contribution in [0.15, 0.2) is 53.5 Å². The molecule has 2 amide bonds. The summed E-state index contributed by atoms with van der Waals surface area (Å²) in [5.74, 6) is -0.948. The Balaban J connectivity index is 1.63. The summed E-state index contributed by atoms with van der Waals surface area (Å²) in [4.78, 5) is 42.2. The molecule has 1 aliphatic heterocycles. The lowest BCUT2D eigenvalue weighted by molar-refractivity contribution is -0.127. The van der Waals surface area contributed by atoms with Crippen LogP contribution in [0.25, 0.3) is 0 Å². The van der Waals surface area contributed by atoms with Crippen LogP contribution in [0, 0.1) is 0 Å². The zero-order valence-corrected chi connectivity index (χ0v) is 17.3. The number of methoxy groups -OCH3 is 1. The van der Waals surface area contributed by atoms with Gasteiger partial charge in [-0.05, 0) is 42.5 Å². The lowest BCUT2D eigenvalue weighted by Crippen LogP contribution is -2.30. The Hall–Kier alpha value is -2.84. The summed E-state index contributed by atoms with van der Waals surface area (Å²) in [6.07, 6.45) is 0.00115. The van der Waals surface area contributed by atoms with Gasteiger partial charge >= 0.3 is 5.97 Å². The average Bonchev–Trinajstić information content (AvgIpc) is 2.95. The second-order valence-corrected chi connectivity index (χ2v) is 7.81. The molecule has 1 N–H and O–H groups in total. The van der Waals surface area contributed by atoms with E-state index in [1.165, 1.54) is 23.8 Å². The largest absolute Gasteiger partial charge is 0.465 e. The van der Waals surface area contributed by atoms with Crippen LogP contribution in [0.3, 0.4) is 0 Å². The molecule has 29 heavy (non-hydrogen) atoms. The number of halogens is 1. The minimum atomic E-state index is -0.563. The topological polar surface area (TPSA) is 88.1 Å². The van der Waals surface area contributed by atoms with E-state index >= 15 is 0 Å². The van der Waals surface area contributed by atoms with Crippen molar-refractivity contribution in [3.8, 4) is 0 Å². The minimum absolute atomic E-state index is 0.00115. The van der Waals surface area contributed by atoms with Crippen LogP contribution in [0.1, 0.15) is 16.8 Å². The van der Waals surface area contributed by atoms with Crippen LogP contribution < -0.4 is 5.32 Å². The van der Waals surface area contributed by atoms with Crippen LogP contribution in [-0.4, -0.2) is 47.3 Å². The van der Waals surface area contributed by atoms with Gasteiger partial charge in [0, 0.05) is 24.2 Å². The molecular weight excluding hydrogens is 414 g/mol. The first-order valence-corrected chi connectivity index (χ1v) is 9.90. The molecule has 2 aromatic carbocycles. The molecule has 1 saturated heterocycles. The van der Waals surface area contributed by atoms with E-state index in [-0.39, 0.29) is 18.2 Å². The Bertz CT molecular complexity index is 978. The molecule has 0 bridgehead atoms. The maximum atomic E-state index is 12.5. The predicted octanol–water partition coefficient (Wildman–Crippen LogP) is 3.72. The van der Waals surface area contributed by atoms with Crippen LogP contribution in [0.5, 0.6) is 0 Å². The van der Waals surface area contributed by atoms with E-state index in [1.807, 2.05) is 0 Å². The molecule has 1 fully saturated rings. The number of hydrogen-bond donors (Lipinski definition) is 1. The van der Waals surface area contributed by atoms with Gasteiger partial charge in [0.15, 0.2) is 5.17 Å². The first-order valence-electron chi connectivity index (χ1n) is 8.64. The van der Waals surface area contributed by atoms with Gasteiger partial charge in [0.25, 0.3) is 0 Å². The quantitative estimate of drug-likeness (QED) is 0.729. The van der Waals surface area contributed by atoms with Gasteiger partial charge in [0.2, 0.25) is 11.8 Å². The van der Waals surface area contributed by atoms with Crippen molar-refractivity contribution >= 4 is 57.7 Å². The van der Waals surface area contributed by atoms with E-state index in [2.05, 4.69) is 15.0 Å². The summed E-state index contributed by atoms with van der Waals surface area (Å²) in [7, 11) is 2.93. The number of rotatable bonds is 5. The fraction of sp³-hybridized carbons (Fsp3) is 0.200. The van der Waals surface area contributed by atoms with Crippen molar-refractivity contribution < 1.29 is 19.1 Å². The normalized spacial score (nSPS) is 17.5. The second-order valence-electron chi connectivity index (χ2n) is 6.20. The number of carbonyl (C=O) groups excluding carboxylic acids is 3. The molecule has 0 spiro atoms. The average molecular weight is 432 g/mol. The van der Waals surface area contributed by atoms with E-state index in [4.69, 9.17) is 11.6 Å². The number of esters is 1. The van der Waals surface area contributed by atoms with E-state index in [0.717, 1.165) is 0 Å². The molecule has 1 atom stereocenters. The fourth-order valence-electron chi connectivity index (χ4n) is 2.64. The van der Waals surface area contributed by atoms with E-state index < -0.39 is 11.2 Å². The summed E-state index contributed by atoms with van der Waals surface area (Å²) in [6, 6.07) is 13.3. The Kier molecular flexibility index (Phi) is 6.56. The lowest BCUT2D eigenvalue weighted by atomic mass is 10.2. The van der Waals surface area contributed by atoms with Crippen molar-refractivity contribution in [3.63, 3.8) is 0 Å². The molecule has 3 rings (SSSR count). The number of aliphatic imine (C=N–C) groups is 1. The maximum absolute atomic E-state index is 12.5. The van der Waals surface area contributed by atoms with Crippen LogP contribution in [0.4, 0.5) is 11.4 Å². The third kappa shape index (κ3) is 5.16. The van der Waals surface area contributed by atoms with Crippen LogP contribution in [0.2, 0.25) is 5.02 Å². The zero-order valence-electron chi connectivity index (χ0n) is 15.7. The van der Waals surface area contributed by atoms with Crippen molar-refractivity contribution in [2.24, 2.45) is 4.99 Å². The van der Waals surface area contributed by atoms with Gasteiger partial charge in [0.1, 0.15) is 5.25 Å². The van der Waals surface area contributed by atoms with Crippen molar-refractivity contribution in [1.82, 2.24) is 4.90 Å². The lowest BCUT2D eigenvalue weighted by Gasteiger charge is -2.09. The molecule has 0 aliphatic carbocycles. The Labute approximate surface area is 177 Å². The molecule has 0 unspecified atom stereocenters. The standard InChI is InChI=1S/C20H18ClN3O4S/c1-24-18(26)16(29-20(24)23-15-5-3-4-13(21)10-15)11-17(25)22-14-8-6-12(7-9-14)19(27)28-2/h3-10,16H,11H2,1-2H3,(H,22,25)/t16-/m0/s1. The van der Waals surface area contributed by atoms with E-state index in [9.17, 15) is 14.4 Å². The smallest absolute Gasteiger partial charge is 0.337 e. The SMILES string of the molecule is COC(=O)c1ccc(NC(=O)C[C@@H]2SC(=Nc3cccc(Cl)c3)N(C)C2=O)cc1. The van der Waals surface area contributed by atoms with Gasteiger partial charge in [-0.25, -0.2) is 9.79 Å². The summed E-state index contributed by atoms with van der Waals surface area (Å²) in [6.45, 7) is 0. The highest BCUT2D eigenvalue weighted by molar-refractivity contribution is 8.15. The monoisotopic (exact) mass is 431 g/mol. The summed E-state index contributed by atoms with van der Waals surface area (Å²) < 4.78 is 4.64. The van der Waals surface area contributed by atoms with Crippen molar-refractivity contribution in [2.45, 2.75) is 11.7 Å². The molecule has 1 aliphatic rings. The highest BCUT2D eigenvalue weighted by Gasteiger charge is 2.37. The van der Waals surface area contributed by atoms with Crippen molar-refractivity contribution in [2.75, 3.05) is 19.5 Å². The van der Waals surface area contributed by atoms with Crippen LogP contribution in [-0.2, 0) is 14.3 Å². The molecule has 0 aromatic heterocycles. The summed E-state index contributed by atoms with van der Waals surface area (Å²) in [5.41, 5.74) is 1.55. The number of ether oxygens (including phenoxy) is 1. The number of thioether (sulfide) groups is 1. The third-order valence-corrected chi connectivity index (χ3v) is 5.60. The second kappa shape index (κ2) is 9.11. The molecule has 9 heteroatoms. The Morgan fingerprint density at radius 1 is 1.24 bits per heavy atom. The summed E-state index contributed by atoms with van der Waals surface area (Å²) >= 11 is 7.21. The van der Waals surface area contributed by atoms with Gasteiger partial charge in [-0.2, -0.15) is 0 Å². The van der Waals surface area contributed by atoms with Crippen molar-refractivity contribution in [1.29, 1.82) is 0 Å². The third-order valence-electron chi connectivity index (χ3n) is 4.13. The molecular formula is C20H18ClN3O4S. The van der Waals surface area contributed by atoms with Gasteiger partial charge in [0.05, 0.1) is 18.4 Å². The van der Waals surface area contributed by atoms with E-state index in [1.54, 1.807) is 55.6 Å². The number of amidine groups is 1. The first kappa shape index (κ1) is 20.9. The molecule has 1 heterocycles. The summed E-state index contributed by atoms with van der Waals surface area (Å²) in [5, 5.41) is 3.23. The van der Waals surface area contributed by atoms with Gasteiger partial charge in [-0.15, -0.1) is 0 Å². The van der Waals surface area contributed by atoms with Gasteiger partial charge in [-0.1, -0.05) is 29.4 Å².